The summed E-state index contributed by atoms with van der Waals surface area (Å²) in [4.78, 5) is 12.7. The van der Waals surface area contributed by atoms with Crippen LogP contribution in [0.15, 0.2) is 36.9 Å². The smallest absolute Gasteiger partial charge is 0.240 e. The van der Waals surface area contributed by atoms with E-state index >= 15 is 0 Å². The molecular formula is C13H14N4O. The highest BCUT2D eigenvalue weighted by Gasteiger charge is 2.19. The first-order chi connectivity index (χ1) is 8.93. The lowest BCUT2D eigenvalue weighted by Crippen LogP contribution is -2.20. The van der Waals surface area contributed by atoms with Gasteiger partial charge in [-0.25, -0.2) is 9.97 Å². The van der Waals surface area contributed by atoms with E-state index in [1.807, 2.05) is 12.1 Å². The molecule has 3 rings (SSSR count). The molecule has 1 aliphatic heterocycles. The minimum atomic E-state index is 0.178. The lowest BCUT2D eigenvalue weighted by atomic mass is 10.2. The van der Waals surface area contributed by atoms with E-state index in [0.29, 0.717) is 5.88 Å². The van der Waals surface area contributed by atoms with E-state index < -0.39 is 0 Å². The number of pyridine rings is 1. The Morgan fingerprint density at radius 1 is 1.22 bits per heavy atom. The number of ether oxygens (including phenoxy) is 1. The van der Waals surface area contributed by atoms with Crippen molar-refractivity contribution in [1.29, 1.82) is 0 Å². The number of nitrogens with one attached hydrogen (secondary N) is 1. The Kier molecular flexibility index (Phi) is 3.14. The van der Waals surface area contributed by atoms with Crippen molar-refractivity contribution in [1.82, 2.24) is 20.3 Å². The molecule has 18 heavy (non-hydrogen) atoms. The van der Waals surface area contributed by atoms with Crippen LogP contribution in [-0.4, -0.2) is 34.1 Å². The molecule has 0 saturated carbocycles. The van der Waals surface area contributed by atoms with Gasteiger partial charge in [0.15, 0.2) is 0 Å². The Balaban J connectivity index is 1.90. The van der Waals surface area contributed by atoms with Crippen molar-refractivity contribution in [2.24, 2.45) is 0 Å². The van der Waals surface area contributed by atoms with Crippen molar-refractivity contribution >= 4 is 0 Å². The fourth-order valence-corrected chi connectivity index (χ4v) is 2.00. The van der Waals surface area contributed by atoms with Gasteiger partial charge in [-0.2, -0.15) is 0 Å². The van der Waals surface area contributed by atoms with Crippen LogP contribution in [0.4, 0.5) is 0 Å². The monoisotopic (exact) mass is 242 g/mol. The van der Waals surface area contributed by atoms with E-state index in [1.54, 1.807) is 24.8 Å². The lowest BCUT2D eigenvalue weighted by molar-refractivity contribution is 0.214. The highest BCUT2D eigenvalue weighted by Crippen LogP contribution is 2.25. The molecule has 2 aromatic heterocycles. The third kappa shape index (κ3) is 2.31. The van der Waals surface area contributed by atoms with Gasteiger partial charge in [-0.3, -0.25) is 4.98 Å². The normalized spacial score (nSPS) is 18.8. The molecule has 1 fully saturated rings. The maximum atomic E-state index is 5.90. The van der Waals surface area contributed by atoms with E-state index in [1.165, 1.54) is 0 Å². The lowest BCUT2D eigenvalue weighted by Gasteiger charge is -2.13. The summed E-state index contributed by atoms with van der Waals surface area (Å²) in [7, 11) is 0. The number of hydrogen-bond donors (Lipinski definition) is 1. The summed E-state index contributed by atoms with van der Waals surface area (Å²) in [6.07, 6.45) is 8.01. The van der Waals surface area contributed by atoms with Crippen molar-refractivity contribution < 1.29 is 4.74 Å². The average Bonchev–Trinajstić information content (AvgIpc) is 2.93. The molecule has 5 nitrogen and oxygen atoms in total. The Hall–Kier alpha value is -2.01. The van der Waals surface area contributed by atoms with Crippen LogP contribution in [0.3, 0.4) is 0 Å². The predicted octanol–water partition coefficient (Wildman–Crippen LogP) is 1.28. The van der Waals surface area contributed by atoms with Crippen LogP contribution in [-0.2, 0) is 0 Å². The van der Waals surface area contributed by atoms with Gasteiger partial charge in [-0.1, -0.05) is 0 Å². The van der Waals surface area contributed by atoms with Gasteiger partial charge >= 0.3 is 0 Å². The summed E-state index contributed by atoms with van der Waals surface area (Å²) in [5, 5.41) is 3.27. The van der Waals surface area contributed by atoms with Crippen LogP contribution < -0.4 is 10.1 Å². The first-order valence-corrected chi connectivity index (χ1v) is 6.02. The zero-order chi connectivity index (χ0) is 12.2. The molecule has 5 heteroatoms. The Morgan fingerprint density at radius 2 is 2.17 bits per heavy atom. The molecule has 1 N–H and O–H groups in total. The largest absolute Gasteiger partial charge is 0.471 e. The Labute approximate surface area is 105 Å². The molecule has 1 aliphatic rings. The third-order valence-corrected chi connectivity index (χ3v) is 2.89. The second-order valence-corrected chi connectivity index (χ2v) is 4.18. The molecule has 3 heterocycles. The van der Waals surface area contributed by atoms with Crippen molar-refractivity contribution in [3.63, 3.8) is 0 Å². The fourth-order valence-electron chi connectivity index (χ4n) is 2.00. The van der Waals surface area contributed by atoms with Crippen LogP contribution in [0.2, 0.25) is 0 Å². The van der Waals surface area contributed by atoms with Gasteiger partial charge in [-0.15, -0.1) is 0 Å². The number of rotatable bonds is 3. The van der Waals surface area contributed by atoms with Crippen molar-refractivity contribution in [3.05, 3.63) is 36.9 Å². The molecule has 1 saturated heterocycles. The first-order valence-electron chi connectivity index (χ1n) is 6.02. The maximum absolute atomic E-state index is 5.90. The quantitative estimate of drug-likeness (QED) is 0.878. The summed E-state index contributed by atoms with van der Waals surface area (Å²) in [6, 6.07) is 3.84. The molecule has 0 amide bonds. The van der Waals surface area contributed by atoms with E-state index in [-0.39, 0.29) is 6.10 Å². The van der Waals surface area contributed by atoms with Crippen molar-refractivity contribution in [2.45, 2.75) is 12.5 Å². The van der Waals surface area contributed by atoms with Gasteiger partial charge in [-0.05, 0) is 25.1 Å². The van der Waals surface area contributed by atoms with Gasteiger partial charge < -0.3 is 10.1 Å². The molecule has 0 spiro atoms. The second-order valence-electron chi connectivity index (χ2n) is 4.18. The second kappa shape index (κ2) is 5.10. The molecular weight excluding hydrogens is 228 g/mol. The van der Waals surface area contributed by atoms with Crippen LogP contribution in [0.25, 0.3) is 11.3 Å². The van der Waals surface area contributed by atoms with Crippen LogP contribution in [0, 0.1) is 0 Å². The van der Waals surface area contributed by atoms with Crippen molar-refractivity contribution in [2.75, 3.05) is 13.1 Å². The van der Waals surface area contributed by atoms with E-state index in [2.05, 4.69) is 20.3 Å². The van der Waals surface area contributed by atoms with Crippen LogP contribution in [0.5, 0.6) is 5.88 Å². The third-order valence-electron chi connectivity index (χ3n) is 2.89. The summed E-state index contributed by atoms with van der Waals surface area (Å²) in [6.45, 7) is 1.86. The summed E-state index contributed by atoms with van der Waals surface area (Å²) >= 11 is 0. The standard InChI is InChI=1S/C13H14N4O/c1-2-10(8-14-4-1)12-13(17-7-6-16-12)18-11-3-5-15-9-11/h1-2,4,6-8,11,15H,3,5,9H2. The van der Waals surface area contributed by atoms with Gasteiger partial charge in [0.25, 0.3) is 0 Å². The van der Waals surface area contributed by atoms with Gasteiger partial charge in [0.1, 0.15) is 11.8 Å². The highest BCUT2D eigenvalue weighted by atomic mass is 16.5. The Bertz CT molecular complexity index is 511. The maximum Gasteiger partial charge on any atom is 0.240 e. The minimum Gasteiger partial charge on any atom is -0.471 e. The SMILES string of the molecule is c1cncc(-c2nccnc2OC2CCNC2)c1. The van der Waals surface area contributed by atoms with Gasteiger partial charge in [0.05, 0.1) is 0 Å². The highest BCUT2D eigenvalue weighted by molar-refractivity contribution is 5.62. The molecule has 0 bridgehead atoms. The molecule has 0 aromatic carbocycles. The number of hydrogen-bond acceptors (Lipinski definition) is 5. The zero-order valence-corrected chi connectivity index (χ0v) is 9.91. The minimum absolute atomic E-state index is 0.178. The molecule has 1 atom stereocenters. The molecule has 2 aromatic rings. The van der Waals surface area contributed by atoms with Crippen LogP contribution in [0.1, 0.15) is 6.42 Å². The van der Waals surface area contributed by atoms with E-state index in [9.17, 15) is 0 Å². The van der Waals surface area contributed by atoms with E-state index in [0.717, 1.165) is 30.8 Å². The number of nitrogens with zero attached hydrogens (tertiary/aromatic N) is 3. The summed E-state index contributed by atoms with van der Waals surface area (Å²) in [5.41, 5.74) is 1.67. The fraction of sp³-hybridized carbons (Fsp3) is 0.308. The van der Waals surface area contributed by atoms with Gasteiger partial charge in [0.2, 0.25) is 5.88 Å². The first kappa shape index (κ1) is 11.1. The molecule has 0 aliphatic carbocycles. The molecule has 0 radical (unpaired) electrons. The Morgan fingerprint density at radius 3 is 2.94 bits per heavy atom. The summed E-state index contributed by atoms with van der Waals surface area (Å²) < 4.78 is 5.90. The van der Waals surface area contributed by atoms with Crippen molar-refractivity contribution in [3.8, 4) is 17.1 Å². The number of aromatic nitrogens is 3. The zero-order valence-electron chi connectivity index (χ0n) is 9.91. The van der Waals surface area contributed by atoms with E-state index in [4.69, 9.17) is 4.74 Å². The van der Waals surface area contributed by atoms with Gasteiger partial charge in [0, 0.05) is 36.9 Å². The van der Waals surface area contributed by atoms with Crippen LogP contribution >= 0.6 is 0 Å². The predicted molar refractivity (Wildman–Crippen MR) is 67.2 cm³/mol. The average molecular weight is 242 g/mol. The molecule has 92 valence electrons. The molecule has 1 unspecified atom stereocenters. The summed E-state index contributed by atoms with van der Waals surface area (Å²) in [5.74, 6) is 0.583. The topological polar surface area (TPSA) is 59.9 Å².